The van der Waals surface area contributed by atoms with Gasteiger partial charge in [-0.25, -0.2) is 0 Å². The summed E-state index contributed by atoms with van der Waals surface area (Å²) in [6.45, 7) is 0.283. The van der Waals surface area contributed by atoms with Crippen LogP contribution in [0.1, 0.15) is 12.2 Å². The van der Waals surface area contributed by atoms with Crippen LogP contribution in [-0.4, -0.2) is 36.3 Å². The average molecular weight is 403 g/mol. The van der Waals surface area contributed by atoms with E-state index in [-0.39, 0.29) is 36.6 Å². The van der Waals surface area contributed by atoms with E-state index in [4.69, 9.17) is 30.2 Å². The smallest absolute Gasteiger partial charge is 0.306 e. The van der Waals surface area contributed by atoms with Crippen LogP contribution in [0.4, 0.5) is 0 Å². The van der Waals surface area contributed by atoms with E-state index in [1.54, 1.807) is 7.11 Å². The summed E-state index contributed by atoms with van der Waals surface area (Å²) < 4.78 is 21.4. The minimum absolute atomic E-state index is 0.113. The highest BCUT2D eigenvalue weighted by atomic mass is 35.5. The maximum Gasteiger partial charge on any atom is 0.306 e. The topological polar surface area (TPSA) is 83.7 Å². The van der Waals surface area contributed by atoms with Crippen molar-refractivity contribution in [2.75, 3.05) is 20.3 Å². The second kappa shape index (κ2) is 9.75. The van der Waals surface area contributed by atoms with Crippen LogP contribution in [0.2, 0.25) is 5.15 Å². The van der Waals surface area contributed by atoms with Crippen LogP contribution in [0.5, 0.6) is 11.6 Å². The quantitative estimate of drug-likeness (QED) is 0.395. The molecule has 0 radical (unpaired) electrons. The molecule has 146 valence electrons. The average Bonchev–Trinajstić information content (AvgIpc) is 3.19. The van der Waals surface area contributed by atoms with E-state index in [1.807, 2.05) is 36.4 Å². The molecule has 0 aliphatic heterocycles. The number of rotatable bonds is 9. The van der Waals surface area contributed by atoms with E-state index in [9.17, 15) is 4.79 Å². The summed E-state index contributed by atoms with van der Waals surface area (Å²) in [5, 5.41) is 0.238. The summed E-state index contributed by atoms with van der Waals surface area (Å²) in [7, 11) is 1.62. The van der Waals surface area contributed by atoms with Gasteiger partial charge in [0.05, 0.1) is 25.9 Å². The fraction of sp³-hybridized carbons (Fsp3) is 0.250. The predicted octanol–water partition coefficient (Wildman–Crippen LogP) is 3.95. The molecule has 0 spiro atoms. The fourth-order valence-corrected chi connectivity index (χ4v) is 2.56. The van der Waals surface area contributed by atoms with Gasteiger partial charge in [-0.2, -0.15) is 4.98 Å². The van der Waals surface area contributed by atoms with E-state index >= 15 is 0 Å². The molecule has 2 heterocycles. The minimum atomic E-state index is -0.330. The van der Waals surface area contributed by atoms with Gasteiger partial charge in [-0.1, -0.05) is 11.6 Å². The van der Waals surface area contributed by atoms with Gasteiger partial charge in [0.1, 0.15) is 30.5 Å². The second-order valence-corrected chi connectivity index (χ2v) is 6.13. The molecule has 1 aromatic carbocycles. The molecule has 0 saturated carbocycles. The first-order valence-electron chi connectivity index (χ1n) is 8.63. The maximum atomic E-state index is 11.8. The molecule has 0 fully saturated rings. The van der Waals surface area contributed by atoms with Crippen molar-refractivity contribution in [1.29, 1.82) is 0 Å². The number of hydrogen-bond donors (Lipinski definition) is 0. The van der Waals surface area contributed by atoms with Crippen LogP contribution < -0.4 is 9.47 Å². The van der Waals surface area contributed by atoms with Gasteiger partial charge >= 0.3 is 5.97 Å². The normalized spacial score (nSPS) is 10.5. The number of nitrogens with zero attached hydrogens (tertiary/aromatic N) is 2. The molecule has 0 saturated heterocycles. The number of esters is 1. The van der Waals surface area contributed by atoms with E-state index < -0.39 is 0 Å². The molecule has 0 N–H and O–H groups in total. The number of hydrogen-bond acceptors (Lipinski definition) is 7. The van der Waals surface area contributed by atoms with Gasteiger partial charge in [-0.05, 0) is 36.4 Å². The Kier molecular flexibility index (Phi) is 6.86. The van der Waals surface area contributed by atoms with E-state index in [1.165, 1.54) is 12.4 Å². The second-order valence-electron chi connectivity index (χ2n) is 5.74. The summed E-state index contributed by atoms with van der Waals surface area (Å²) in [6.07, 6.45) is 3.51. The number of carbonyl (C=O) groups is 1. The standard InChI is InChI=1S/C20H19ClN2O5/c1-25-15-4-2-14(3-5-15)17-8-6-16(28-17)7-9-20(24)27-11-10-26-19-13-22-12-18(21)23-19/h2-6,8,12-13H,7,9-11H2,1H3. The Bertz CT molecular complexity index is 911. The number of furan rings is 1. The van der Waals surface area contributed by atoms with Crippen LogP contribution in [0.15, 0.2) is 53.2 Å². The molecule has 0 bridgehead atoms. The van der Waals surface area contributed by atoms with Gasteiger partial charge in [0.25, 0.3) is 0 Å². The van der Waals surface area contributed by atoms with Crippen molar-refractivity contribution in [3.05, 3.63) is 59.7 Å². The number of benzene rings is 1. The van der Waals surface area contributed by atoms with Crippen molar-refractivity contribution >= 4 is 17.6 Å². The van der Waals surface area contributed by atoms with Crippen LogP contribution in [0, 0.1) is 0 Å². The number of methoxy groups -OCH3 is 1. The molecular formula is C20H19ClN2O5. The molecule has 3 rings (SSSR count). The molecule has 28 heavy (non-hydrogen) atoms. The highest BCUT2D eigenvalue weighted by Gasteiger charge is 2.09. The lowest BCUT2D eigenvalue weighted by molar-refractivity contribution is -0.144. The molecule has 0 unspecified atom stereocenters. The number of aryl methyl sites for hydroxylation is 1. The molecule has 0 amide bonds. The zero-order valence-electron chi connectivity index (χ0n) is 15.3. The first kappa shape index (κ1) is 19.7. The van der Waals surface area contributed by atoms with Crippen molar-refractivity contribution in [3.8, 4) is 23.0 Å². The number of halogens is 1. The first-order chi connectivity index (χ1) is 13.6. The van der Waals surface area contributed by atoms with E-state index in [2.05, 4.69) is 9.97 Å². The Balaban J connectivity index is 1.39. The maximum absolute atomic E-state index is 11.8. The van der Waals surface area contributed by atoms with Crippen molar-refractivity contribution in [1.82, 2.24) is 9.97 Å². The zero-order valence-corrected chi connectivity index (χ0v) is 16.0. The molecular weight excluding hydrogens is 384 g/mol. The lowest BCUT2D eigenvalue weighted by Crippen LogP contribution is -2.13. The Labute approximate surface area is 167 Å². The van der Waals surface area contributed by atoms with Crippen LogP contribution in [0.3, 0.4) is 0 Å². The SMILES string of the molecule is COc1ccc(-c2ccc(CCC(=O)OCCOc3cncc(Cl)n3)o2)cc1. The highest BCUT2D eigenvalue weighted by molar-refractivity contribution is 6.29. The van der Waals surface area contributed by atoms with Gasteiger partial charge in [-0.3, -0.25) is 9.78 Å². The van der Waals surface area contributed by atoms with Crippen molar-refractivity contribution in [2.24, 2.45) is 0 Å². The number of ether oxygens (including phenoxy) is 3. The van der Waals surface area contributed by atoms with Crippen molar-refractivity contribution in [3.63, 3.8) is 0 Å². The lowest BCUT2D eigenvalue weighted by Gasteiger charge is -2.06. The number of carbonyl (C=O) groups excluding carboxylic acids is 1. The minimum Gasteiger partial charge on any atom is -0.497 e. The molecule has 8 heteroatoms. The summed E-state index contributed by atoms with van der Waals surface area (Å²) in [5.74, 6) is 2.19. The summed E-state index contributed by atoms with van der Waals surface area (Å²) in [4.78, 5) is 19.6. The third-order valence-electron chi connectivity index (χ3n) is 3.79. The molecule has 0 aliphatic rings. The molecule has 0 aliphatic carbocycles. The van der Waals surface area contributed by atoms with Gasteiger partial charge in [-0.15, -0.1) is 0 Å². The van der Waals surface area contributed by atoms with Crippen LogP contribution in [0.25, 0.3) is 11.3 Å². The Morgan fingerprint density at radius 1 is 1.11 bits per heavy atom. The molecule has 2 aromatic heterocycles. The van der Waals surface area contributed by atoms with Crippen molar-refractivity contribution in [2.45, 2.75) is 12.8 Å². The van der Waals surface area contributed by atoms with Crippen molar-refractivity contribution < 1.29 is 23.4 Å². The Hall–Kier alpha value is -3.06. The molecule has 3 aromatic rings. The van der Waals surface area contributed by atoms with Gasteiger partial charge < -0.3 is 18.6 Å². The Morgan fingerprint density at radius 3 is 2.68 bits per heavy atom. The summed E-state index contributed by atoms with van der Waals surface area (Å²) in [6, 6.07) is 11.3. The summed E-state index contributed by atoms with van der Waals surface area (Å²) in [5.41, 5.74) is 0.941. The lowest BCUT2D eigenvalue weighted by atomic mass is 10.2. The summed E-state index contributed by atoms with van der Waals surface area (Å²) >= 11 is 5.71. The highest BCUT2D eigenvalue weighted by Crippen LogP contribution is 2.25. The van der Waals surface area contributed by atoms with Gasteiger partial charge in [0.2, 0.25) is 5.88 Å². The fourth-order valence-electron chi connectivity index (χ4n) is 2.42. The van der Waals surface area contributed by atoms with E-state index in [0.717, 1.165) is 17.1 Å². The molecule has 0 atom stereocenters. The monoisotopic (exact) mass is 402 g/mol. The number of aromatic nitrogens is 2. The first-order valence-corrected chi connectivity index (χ1v) is 9.01. The third-order valence-corrected chi connectivity index (χ3v) is 3.97. The zero-order chi connectivity index (χ0) is 19.8. The van der Waals surface area contributed by atoms with Crippen LogP contribution in [-0.2, 0) is 16.0 Å². The van der Waals surface area contributed by atoms with Crippen LogP contribution >= 0.6 is 11.6 Å². The molecule has 7 nitrogen and oxygen atoms in total. The third kappa shape index (κ3) is 5.72. The Morgan fingerprint density at radius 2 is 1.93 bits per heavy atom. The van der Waals surface area contributed by atoms with Gasteiger partial charge in [0, 0.05) is 12.0 Å². The van der Waals surface area contributed by atoms with Gasteiger partial charge in [0.15, 0.2) is 5.15 Å². The predicted molar refractivity (Wildman–Crippen MR) is 103 cm³/mol. The largest absolute Gasteiger partial charge is 0.497 e. The van der Waals surface area contributed by atoms with E-state index in [0.29, 0.717) is 12.2 Å².